The summed E-state index contributed by atoms with van der Waals surface area (Å²) in [5, 5.41) is 5.86. The quantitative estimate of drug-likeness (QED) is 0.896. The molecule has 8 heteroatoms. The first kappa shape index (κ1) is 15.9. The van der Waals surface area contributed by atoms with Crippen LogP contribution in [0, 0.1) is 0 Å². The number of carbonyl (C=O) groups is 1. The van der Waals surface area contributed by atoms with Crippen molar-refractivity contribution < 1.29 is 18.0 Å². The Hall–Kier alpha value is -1.47. The van der Waals surface area contributed by atoms with E-state index in [1.54, 1.807) is 19.2 Å². The Bertz CT molecular complexity index is 562. The average Bonchev–Trinajstić information content (AvgIpc) is 2.68. The maximum Gasteiger partial charge on any atom is 0.390 e. The van der Waals surface area contributed by atoms with Gasteiger partial charge in [0.25, 0.3) is 0 Å². The van der Waals surface area contributed by atoms with E-state index in [-0.39, 0.29) is 12.5 Å². The molecule has 0 saturated carbocycles. The van der Waals surface area contributed by atoms with Crippen molar-refractivity contribution in [3.8, 4) is 0 Å². The molecule has 1 amide bonds. The van der Waals surface area contributed by atoms with Crippen molar-refractivity contribution in [1.82, 2.24) is 5.32 Å². The Morgan fingerprint density at radius 1 is 1.43 bits per heavy atom. The average molecular weight is 322 g/mol. The molecule has 4 nitrogen and oxygen atoms in total. The van der Waals surface area contributed by atoms with Crippen molar-refractivity contribution in [1.29, 1.82) is 0 Å². The lowest BCUT2D eigenvalue weighted by molar-refractivity contribution is -0.132. The van der Waals surface area contributed by atoms with E-state index in [0.29, 0.717) is 22.0 Å². The van der Waals surface area contributed by atoms with Gasteiger partial charge in [0.05, 0.1) is 17.1 Å². The fraction of sp³-hybridized carbons (Fsp3) is 0.462. The van der Waals surface area contributed by atoms with Crippen LogP contribution in [0.4, 0.5) is 24.5 Å². The minimum absolute atomic E-state index is 0.203. The van der Waals surface area contributed by atoms with Crippen LogP contribution in [0.25, 0.3) is 0 Å². The van der Waals surface area contributed by atoms with Gasteiger partial charge in [0, 0.05) is 24.8 Å². The third-order valence-corrected chi connectivity index (χ3v) is 3.68. The first-order chi connectivity index (χ1) is 9.73. The Morgan fingerprint density at radius 2 is 2.10 bits per heavy atom. The lowest BCUT2D eigenvalue weighted by Crippen LogP contribution is -2.24. The summed E-state index contributed by atoms with van der Waals surface area (Å²) in [6.07, 6.45) is -5.15. The standard InChI is InChI=1S/C13H15ClF3N3O/c1-18-11-7-5-8(14)10(6-9(7)19-12(11)21)20(2)4-3-13(15,16)17/h5-6,11,18H,3-4H2,1-2H3,(H,19,21). The monoisotopic (exact) mass is 321 g/mol. The molecule has 0 bridgehead atoms. The van der Waals surface area contributed by atoms with Gasteiger partial charge < -0.3 is 15.5 Å². The molecule has 21 heavy (non-hydrogen) atoms. The molecule has 1 aliphatic heterocycles. The van der Waals surface area contributed by atoms with Gasteiger partial charge in [0.15, 0.2) is 0 Å². The fourth-order valence-electron chi connectivity index (χ4n) is 2.26. The Balaban J connectivity index is 2.23. The first-order valence-corrected chi connectivity index (χ1v) is 6.70. The number of halogens is 4. The normalized spacial score (nSPS) is 17.6. The number of fused-ring (bicyclic) bond motifs is 1. The maximum atomic E-state index is 12.3. The van der Waals surface area contributed by atoms with Crippen molar-refractivity contribution in [3.05, 3.63) is 22.7 Å². The largest absolute Gasteiger partial charge is 0.390 e. The van der Waals surface area contributed by atoms with Crippen LogP contribution in [0.15, 0.2) is 12.1 Å². The molecular formula is C13H15ClF3N3O. The SMILES string of the molecule is CNC1C(=O)Nc2cc(N(C)CCC(F)(F)F)c(Cl)cc21. The Morgan fingerprint density at radius 3 is 2.67 bits per heavy atom. The van der Waals surface area contributed by atoms with Crippen LogP contribution in [0.1, 0.15) is 18.0 Å². The Kier molecular flexibility index (Phi) is 4.34. The summed E-state index contributed by atoms with van der Waals surface area (Å²) < 4.78 is 36.8. The van der Waals surface area contributed by atoms with E-state index in [9.17, 15) is 18.0 Å². The molecule has 1 unspecified atom stereocenters. The van der Waals surface area contributed by atoms with E-state index in [1.165, 1.54) is 11.9 Å². The van der Waals surface area contributed by atoms with Crippen LogP contribution >= 0.6 is 11.6 Å². The fourth-order valence-corrected chi connectivity index (χ4v) is 2.58. The van der Waals surface area contributed by atoms with E-state index >= 15 is 0 Å². The van der Waals surface area contributed by atoms with Gasteiger partial charge in [-0.3, -0.25) is 4.79 Å². The summed E-state index contributed by atoms with van der Waals surface area (Å²) in [7, 11) is 3.18. The number of likely N-dealkylation sites (N-methyl/N-ethyl adjacent to an activating group) is 1. The number of rotatable bonds is 4. The van der Waals surface area contributed by atoms with Crippen LogP contribution in [0.2, 0.25) is 5.02 Å². The third-order valence-electron chi connectivity index (χ3n) is 3.38. The summed E-state index contributed by atoms with van der Waals surface area (Å²) in [4.78, 5) is 13.2. The number of nitrogens with one attached hydrogen (secondary N) is 2. The van der Waals surface area contributed by atoms with Crippen molar-refractivity contribution >= 4 is 28.9 Å². The zero-order chi connectivity index (χ0) is 15.8. The van der Waals surface area contributed by atoms with Gasteiger partial charge in [-0.25, -0.2) is 0 Å². The highest BCUT2D eigenvalue weighted by Gasteiger charge is 2.31. The van der Waals surface area contributed by atoms with Crippen molar-refractivity contribution in [2.75, 3.05) is 30.9 Å². The molecule has 2 rings (SSSR count). The predicted octanol–water partition coefficient (Wildman–Crippen LogP) is 2.94. The molecule has 1 aromatic carbocycles. The third kappa shape index (κ3) is 3.41. The van der Waals surface area contributed by atoms with Crippen molar-refractivity contribution in [2.24, 2.45) is 0 Å². The summed E-state index contributed by atoms with van der Waals surface area (Å²) >= 11 is 6.13. The molecule has 1 aliphatic rings. The highest BCUT2D eigenvalue weighted by atomic mass is 35.5. The van der Waals surface area contributed by atoms with Crippen LogP contribution < -0.4 is 15.5 Å². The van der Waals surface area contributed by atoms with Gasteiger partial charge in [-0.1, -0.05) is 11.6 Å². The van der Waals surface area contributed by atoms with E-state index < -0.39 is 18.6 Å². The molecule has 1 atom stereocenters. The Labute approximate surface area is 125 Å². The summed E-state index contributed by atoms with van der Waals surface area (Å²) in [6, 6.07) is 2.71. The molecule has 0 spiro atoms. The number of anilines is 2. The number of carbonyl (C=O) groups excluding carboxylic acids is 1. The number of alkyl halides is 3. The highest BCUT2D eigenvalue weighted by Crippen LogP contribution is 2.38. The molecule has 0 aliphatic carbocycles. The molecule has 0 fully saturated rings. The van der Waals surface area contributed by atoms with Gasteiger partial charge >= 0.3 is 6.18 Å². The van der Waals surface area contributed by atoms with Crippen LogP contribution in [-0.4, -0.2) is 32.7 Å². The van der Waals surface area contributed by atoms with Crippen LogP contribution in [-0.2, 0) is 4.79 Å². The molecule has 0 saturated heterocycles. The smallest absolute Gasteiger partial charge is 0.373 e. The molecule has 0 aromatic heterocycles. The van der Waals surface area contributed by atoms with Gasteiger partial charge in [-0.15, -0.1) is 0 Å². The number of hydrogen-bond acceptors (Lipinski definition) is 3. The molecule has 116 valence electrons. The van der Waals surface area contributed by atoms with Crippen molar-refractivity contribution in [2.45, 2.75) is 18.6 Å². The number of benzene rings is 1. The van der Waals surface area contributed by atoms with Crippen molar-refractivity contribution in [3.63, 3.8) is 0 Å². The van der Waals surface area contributed by atoms with E-state index in [2.05, 4.69) is 10.6 Å². The highest BCUT2D eigenvalue weighted by molar-refractivity contribution is 6.33. The summed E-state index contributed by atoms with van der Waals surface area (Å²) in [5.41, 5.74) is 1.72. The lowest BCUT2D eigenvalue weighted by atomic mass is 10.1. The van der Waals surface area contributed by atoms with E-state index in [1.807, 2.05) is 0 Å². The second-order valence-electron chi connectivity index (χ2n) is 4.89. The second kappa shape index (κ2) is 5.73. The molecule has 1 aromatic rings. The van der Waals surface area contributed by atoms with Gasteiger partial charge in [0.2, 0.25) is 5.91 Å². The first-order valence-electron chi connectivity index (χ1n) is 6.32. The molecule has 0 radical (unpaired) electrons. The molecular weight excluding hydrogens is 307 g/mol. The summed E-state index contributed by atoms with van der Waals surface area (Å²) in [5.74, 6) is -0.210. The number of hydrogen-bond donors (Lipinski definition) is 2. The summed E-state index contributed by atoms with van der Waals surface area (Å²) in [6.45, 7) is -0.203. The second-order valence-corrected chi connectivity index (χ2v) is 5.30. The zero-order valence-corrected chi connectivity index (χ0v) is 12.3. The number of nitrogens with zero attached hydrogens (tertiary/aromatic N) is 1. The lowest BCUT2D eigenvalue weighted by Gasteiger charge is -2.22. The van der Waals surface area contributed by atoms with Gasteiger partial charge in [-0.2, -0.15) is 13.2 Å². The van der Waals surface area contributed by atoms with E-state index in [4.69, 9.17) is 11.6 Å². The molecule has 1 heterocycles. The van der Waals surface area contributed by atoms with E-state index in [0.717, 1.165) is 0 Å². The van der Waals surface area contributed by atoms with Crippen LogP contribution in [0.3, 0.4) is 0 Å². The van der Waals surface area contributed by atoms with Gasteiger partial charge in [-0.05, 0) is 19.2 Å². The van der Waals surface area contributed by atoms with Gasteiger partial charge in [0.1, 0.15) is 6.04 Å². The zero-order valence-electron chi connectivity index (χ0n) is 11.5. The number of amides is 1. The van der Waals surface area contributed by atoms with Crippen LogP contribution in [0.5, 0.6) is 0 Å². The topological polar surface area (TPSA) is 44.4 Å². The minimum Gasteiger partial charge on any atom is -0.373 e. The maximum absolute atomic E-state index is 12.3. The minimum atomic E-state index is -4.22. The predicted molar refractivity (Wildman–Crippen MR) is 75.8 cm³/mol. The molecule has 2 N–H and O–H groups in total.